The number of anilines is 1. The average Bonchev–Trinajstić information content (AvgIpc) is 3.03. The zero-order chi connectivity index (χ0) is 22.1. The quantitative estimate of drug-likeness (QED) is 0.501. The van der Waals surface area contributed by atoms with Gasteiger partial charge in [-0.05, 0) is 50.5 Å². The van der Waals surface area contributed by atoms with E-state index in [2.05, 4.69) is 15.4 Å². The molecule has 1 atom stereocenters. The molecule has 2 heterocycles. The number of nitrogens with zero attached hydrogens (tertiary/aromatic N) is 3. The fraction of sp³-hybridized carbons (Fsp3) is 0.240. The number of hydrogen-bond donors (Lipinski definition) is 1. The molecule has 0 unspecified atom stereocenters. The Labute approximate surface area is 181 Å². The standard InChI is InChI=1S/C25H26N4O2/c1-15-11-12-21(16(2)13-15)26-25(30)18(4)31-22-14-20(19-9-7-6-8-10-19)23-17(3)28-29(5)24(23)27-22/h6-14,18H,1-5H3,(H,26,30)/t18-/m0/s1. The lowest BCUT2D eigenvalue weighted by Crippen LogP contribution is -2.30. The van der Waals surface area contributed by atoms with Crippen molar-refractivity contribution in [2.45, 2.75) is 33.8 Å². The van der Waals surface area contributed by atoms with Crippen LogP contribution in [0.15, 0.2) is 54.6 Å². The smallest absolute Gasteiger partial charge is 0.265 e. The molecular formula is C25H26N4O2. The van der Waals surface area contributed by atoms with Crippen molar-refractivity contribution in [2.24, 2.45) is 7.05 Å². The second-order valence-electron chi connectivity index (χ2n) is 7.85. The number of aryl methyl sites for hydroxylation is 4. The third-order valence-corrected chi connectivity index (χ3v) is 5.34. The number of ether oxygens (including phenoxy) is 1. The highest BCUT2D eigenvalue weighted by molar-refractivity contribution is 5.96. The van der Waals surface area contributed by atoms with Gasteiger partial charge in [0.2, 0.25) is 5.88 Å². The molecule has 0 aliphatic rings. The maximum atomic E-state index is 12.8. The molecule has 4 rings (SSSR count). The molecule has 158 valence electrons. The first-order valence-corrected chi connectivity index (χ1v) is 10.3. The molecule has 0 fully saturated rings. The van der Waals surface area contributed by atoms with Crippen LogP contribution < -0.4 is 10.1 Å². The van der Waals surface area contributed by atoms with E-state index >= 15 is 0 Å². The summed E-state index contributed by atoms with van der Waals surface area (Å²) in [4.78, 5) is 17.4. The number of pyridine rings is 1. The molecule has 0 bridgehead atoms. The summed E-state index contributed by atoms with van der Waals surface area (Å²) in [6.45, 7) is 7.69. The topological polar surface area (TPSA) is 69.0 Å². The highest BCUT2D eigenvalue weighted by Crippen LogP contribution is 2.33. The minimum absolute atomic E-state index is 0.226. The van der Waals surface area contributed by atoms with Gasteiger partial charge >= 0.3 is 0 Å². The third-order valence-electron chi connectivity index (χ3n) is 5.34. The summed E-state index contributed by atoms with van der Waals surface area (Å²) in [5.74, 6) is 0.161. The van der Waals surface area contributed by atoms with E-state index in [0.717, 1.165) is 44.7 Å². The number of rotatable bonds is 5. The van der Waals surface area contributed by atoms with Crippen LogP contribution in [-0.4, -0.2) is 26.8 Å². The molecule has 6 heteroatoms. The molecule has 2 aromatic carbocycles. The van der Waals surface area contributed by atoms with Crippen LogP contribution in [0.1, 0.15) is 23.7 Å². The number of hydrogen-bond acceptors (Lipinski definition) is 4. The Kier molecular flexibility index (Phi) is 5.46. The van der Waals surface area contributed by atoms with E-state index in [1.54, 1.807) is 11.6 Å². The van der Waals surface area contributed by atoms with Gasteiger partial charge in [-0.1, -0.05) is 48.0 Å². The van der Waals surface area contributed by atoms with Gasteiger partial charge in [-0.25, -0.2) is 0 Å². The van der Waals surface area contributed by atoms with E-state index in [1.165, 1.54) is 0 Å². The lowest BCUT2D eigenvalue weighted by atomic mass is 10.0. The number of aromatic nitrogens is 3. The van der Waals surface area contributed by atoms with E-state index in [9.17, 15) is 4.79 Å². The lowest BCUT2D eigenvalue weighted by molar-refractivity contribution is -0.122. The molecule has 1 N–H and O–H groups in total. The van der Waals surface area contributed by atoms with Gasteiger partial charge in [0.25, 0.3) is 5.91 Å². The van der Waals surface area contributed by atoms with Crippen LogP contribution in [0.3, 0.4) is 0 Å². The van der Waals surface area contributed by atoms with Crippen LogP contribution in [0.5, 0.6) is 5.88 Å². The highest BCUT2D eigenvalue weighted by atomic mass is 16.5. The van der Waals surface area contributed by atoms with Gasteiger partial charge in [0, 0.05) is 18.8 Å². The number of carbonyl (C=O) groups excluding carboxylic acids is 1. The van der Waals surface area contributed by atoms with Crippen molar-refractivity contribution in [2.75, 3.05) is 5.32 Å². The van der Waals surface area contributed by atoms with Crippen LogP contribution >= 0.6 is 0 Å². The second kappa shape index (κ2) is 8.22. The molecule has 0 aliphatic heterocycles. The molecule has 2 aromatic heterocycles. The number of fused-ring (bicyclic) bond motifs is 1. The van der Waals surface area contributed by atoms with Crippen LogP contribution in [-0.2, 0) is 11.8 Å². The molecule has 1 amide bonds. The largest absolute Gasteiger partial charge is 0.464 e. The molecule has 0 spiro atoms. The predicted octanol–water partition coefficient (Wildman–Crippen LogP) is 4.97. The second-order valence-corrected chi connectivity index (χ2v) is 7.85. The minimum atomic E-state index is -0.719. The summed E-state index contributed by atoms with van der Waals surface area (Å²) in [5.41, 5.74) is 6.58. The maximum Gasteiger partial charge on any atom is 0.265 e. The Bertz CT molecular complexity index is 1260. The molecule has 0 radical (unpaired) electrons. The SMILES string of the molecule is Cc1ccc(NC(=O)[C@H](C)Oc2cc(-c3ccccc3)c3c(C)nn(C)c3n2)c(C)c1. The summed E-state index contributed by atoms with van der Waals surface area (Å²) < 4.78 is 7.72. The Balaban J connectivity index is 1.65. The molecule has 6 nitrogen and oxygen atoms in total. The van der Waals surface area contributed by atoms with E-state index in [-0.39, 0.29) is 5.91 Å². The lowest BCUT2D eigenvalue weighted by Gasteiger charge is -2.16. The van der Waals surface area contributed by atoms with E-state index in [0.29, 0.717) is 5.88 Å². The third kappa shape index (κ3) is 4.14. The fourth-order valence-corrected chi connectivity index (χ4v) is 3.75. The number of benzene rings is 2. The van der Waals surface area contributed by atoms with E-state index in [4.69, 9.17) is 4.74 Å². The van der Waals surface area contributed by atoms with Crippen molar-refractivity contribution >= 4 is 22.6 Å². The van der Waals surface area contributed by atoms with Gasteiger partial charge in [0.1, 0.15) is 0 Å². The van der Waals surface area contributed by atoms with E-state index < -0.39 is 6.10 Å². The van der Waals surface area contributed by atoms with Gasteiger partial charge in [-0.2, -0.15) is 10.1 Å². The summed E-state index contributed by atoms with van der Waals surface area (Å²) in [6, 6.07) is 17.9. The van der Waals surface area contributed by atoms with Crippen molar-refractivity contribution in [3.8, 4) is 17.0 Å². The molecule has 0 aliphatic carbocycles. The Morgan fingerprint density at radius 2 is 1.81 bits per heavy atom. The van der Waals surface area contributed by atoms with Crippen molar-refractivity contribution < 1.29 is 9.53 Å². The Hall–Kier alpha value is -3.67. The van der Waals surface area contributed by atoms with Crippen molar-refractivity contribution in [3.63, 3.8) is 0 Å². The number of carbonyl (C=O) groups is 1. The summed E-state index contributed by atoms with van der Waals surface area (Å²) in [5, 5.41) is 8.45. The van der Waals surface area contributed by atoms with E-state index in [1.807, 2.05) is 82.4 Å². The molecule has 31 heavy (non-hydrogen) atoms. The van der Waals surface area contributed by atoms with Gasteiger partial charge in [-0.3, -0.25) is 9.48 Å². The van der Waals surface area contributed by atoms with Crippen molar-refractivity contribution in [1.82, 2.24) is 14.8 Å². The Morgan fingerprint density at radius 3 is 2.52 bits per heavy atom. The normalized spacial score (nSPS) is 12.0. The van der Waals surface area contributed by atoms with Crippen LogP contribution in [0.4, 0.5) is 5.69 Å². The zero-order valence-corrected chi connectivity index (χ0v) is 18.4. The highest BCUT2D eigenvalue weighted by Gasteiger charge is 2.20. The number of nitrogens with one attached hydrogen (secondary N) is 1. The van der Waals surface area contributed by atoms with Crippen LogP contribution in [0.2, 0.25) is 0 Å². The summed E-state index contributed by atoms with van der Waals surface area (Å²) >= 11 is 0. The summed E-state index contributed by atoms with van der Waals surface area (Å²) in [7, 11) is 1.86. The molecule has 0 saturated carbocycles. The predicted molar refractivity (Wildman–Crippen MR) is 123 cm³/mol. The van der Waals surface area contributed by atoms with Gasteiger partial charge in [0.05, 0.1) is 11.1 Å². The minimum Gasteiger partial charge on any atom is -0.464 e. The van der Waals surface area contributed by atoms with Gasteiger partial charge in [0.15, 0.2) is 11.8 Å². The molecular weight excluding hydrogens is 388 g/mol. The maximum absolute atomic E-state index is 12.8. The first-order chi connectivity index (χ1) is 14.8. The average molecular weight is 415 g/mol. The van der Waals surface area contributed by atoms with Crippen molar-refractivity contribution in [3.05, 3.63) is 71.4 Å². The Morgan fingerprint density at radius 1 is 1.06 bits per heavy atom. The fourth-order valence-electron chi connectivity index (χ4n) is 3.75. The molecule has 4 aromatic rings. The van der Waals surface area contributed by atoms with Crippen LogP contribution in [0.25, 0.3) is 22.2 Å². The molecule has 0 saturated heterocycles. The van der Waals surface area contributed by atoms with Crippen LogP contribution in [0, 0.1) is 20.8 Å². The first-order valence-electron chi connectivity index (χ1n) is 10.3. The summed E-state index contributed by atoms with van der Waals surface area (Å²) in [6.07, 6.45) is -0.719. The number of amides is 1. The monoisotopic (exact) mass is 414 g/mol. The zero-order valence-electron chi connectivity index (χ0n) is 18.4. The first kappa shape index (κ1) is 20.6. The van der Waals surface area contributed by atoms with Gasteiger partial charge < -0.3 is 10.1 Å². The van der Waals surface area contributed by atoms with Crippen molar-refractivity contribution in [1.29, 1.82) is 0 Å². The van der Waals surface area contributed by atoms with Gasteiger partial charge in [-0.15, -0.1) is 0 Å².